The first kappa shape index (κ1) is 14.9. The zero-order chi connectivity index (χ0) is 15.7. The van der Waals surface area contributed by atoms with Crippen LogP contribution in [-0.4, -0.2) is 27.2 Å². The van der Waals surface area contributed by atoms with Crippen LogP contribution in [0.4, 0.5) is 0 Å². The average molecular weight is 314 g/mol. The van der Waals surface area contributed by atoms with E-state index in [0.717, 1.165) is 11.3 Å². The van der Waals surface area contributed by atoms with Gasteiger partial charge in [-0.2, -0.15) is 0 Å². The molecule has 0 spiro atoms. The van der Waals surface area contributed by atoms with E-state index >= 15 is 0 Å². The number of benzene rings is 1. The lowest BCUT2D eigenvalue weighted by Gasteiger charge is -2.27. The quantitative estimate of drug-likeness (QED) is 0.812. The maximum atomic E-state index is 12.8. The van der Waals surface area contributed by atoms with Gasteiger partial charge in [0.25, 0.3) is 11.5 Å². The lowest BCUT2D eigenvalue weighted by molar-refractivity contribution is 0.0692. The summed E-state index contributed by atoms with van der Waals surface area (Å²) in [5.74, 6) is 0.640. The van der Waals surface area contributed by atoms with Crippen molar-refractivity contribution in [1.82, 2.24) is 9.47 Å². The summed E-state index contributed by atoms with van der Waals surface area (Å²) in [7, 11) is 1.66. The van der Waals surface area contributed by atoms with Gasteiger partial charge in [-0.05, 0) is 30.7 Å². The summed E-state index contributed by atoms with van der Waals surface area (Å²) in [5.41, 5.74) is 1.13. The molecule has 1 unspecified atom stereocenters. The zero-order valence-corrected chi connectivity index (χ0v) is 13.5. The minimum Gasteiger partial charge on any atom is -0.331 e. The molecule has 2 heterocycles. The standard InChI is InChI=1S/C17H18N2O2S/c1-12-11-22-15-8-4-3-6-13(15)10-19(12)17(21)14-7-5-9-18(2)16(14)20/h3-9,12H,10-11H2,1-2H3. The number of fused-ring (bicyclic) bond motifs is 1. The number of thioether (sulfide) groups is 1. The highest BCUT2D eigenvalue weighted by atomic mass is 32.2. The zero-order valence-electron chi connectivity index (χ0n) is 12.7. The van der Waals surface area contributed by atoms with Gasteiger partial charge in [-0.3, -0.25) is 9.59 Å². The molecule has 0 N–H and O–H groups in total. The third-order valence-corrected chi connectivity index (χ3v) is 5.30. The number of aromatic nitrogens is 1. The normalized spacial score (nSPS) is 17.7. The summed E-state index contributed by atoms with van der Waals surface area (Å²) in [5, 5.41) is 0. The number of carbonyl (C=O) groups is 1. The number of carbonyl (C=O) groups excluding carboxylic acids is 1. The molecule has 3 rings (SSSR count). The van der Waals surface area contributed by atoms with Crippen LogP contribution < -0.4 is 5.56 Å². The fourth-order valence-corrected chi connectivity index (χ4v) is 3.70. The molecule has 114 valence electrons. The fraction of sp³-hybridized carbons (Fsp3) is 0.294. The van der Waals surface area contributed by atoms with Gasteiger partial charge >= 0.3 is 0 Å². The summed E-state index contributed by atoms with van der Waals surface area (Å²) < 4.78 is 1.44. The molecule has 1 aliphatic heterocycles. The Hall–Kier alpha value is -2.01. The largest absolute Gasteiger partial charge is 0.331 e. The van der Waals surface area contributed by atoms with Crippen molar-refractivity contribution in [1.29, 1.82) is 0 Å². The average Bonchev–Trinajstić information content (AvgIpc) is 2.69. The molecule has 1 amide bonds. The summed E-state index contributed by atoms with van der Waals surface area (Å²) in [4.78, 5) is 28.1. The Morgan fingerprint density at radius 3 is 2.82 bits per heavy atom. The minimum absolute atomic E-state index is 0.0785. The maximum Gasteiger partial charge on any atom is 0.263 e. The Morgan fingerprint density at radius 1 is 1.23 bits per heavy atom. The number of nitrogens with zero attached hydrogens (tertiary/aromatic N) is 2. The third-order valence-electron chi connectivity index (χ3n) is 3.94. The number of hydrogen-bond acceptors (Lipinski definition) is 3. The van der Waals surface area contributed by atoms with E-state index in [-0.39, 0.29) is 23.1 Å². The molecule has 22 heavy (non-hydrogen) atoms. The summed E-state index contributed by atoms with van der Waals surface area (Å²) in [6.45, 7) is 2.57. The van der Waals surface area contributed by atoms with Gasteiger partial charge in [-0.15, -0.1) is 11.8 Å². The van der Waals surface area contributed by atoms with Crippen LogP contribution in [0.5, 0.6) is 0 Å². The van der Waals surface area contributed by atoms with E-state index in [4.69, 9.17) is 0 Å². The first-order chi connectivity index (χ1) is 10.6. The summed E-state index contributed by atoms with van der Waals surface area (Å²) >= 11 is 1.76. The molecular weight excluding hydrogens is 296 g/mol. The van der Waals surface area contributed by atoms with E-state index in [0.29, 0.717) is 6.54 Å². The van der Waals surface area contributed by atoms with E-state index in [9.17, 15) is 9.59 Å². The third kappa shape index (κ3) is 2.68. The van der Waals surface area contributed by atoms with Crippen molar-refractivity contribution in [2.24, 2.45) is 7.05 Å². The van der Waals surface area contributed by atoms with Crippen LogP contribution in [-0.2, 0) is 13.6 Å². The highest BCUT2D eigenvalue weighted by Gasteiger charge is 2.27. The summed E-state index contributed by atoms with van der Waals surface area (Å²) in [6.07, 6.45) is 1.66. The molecule has 1 atom stereocenters. The molecule has 0 saturated carbocycles. The SMILES string of the molecule is CC1CSc2ccccc2CN1C(=O)c1cccn(C)c1=O. The first-order valence-corrected chi connectivity index (χ1v) is 8.24. The second kappa shape index (κ2) is 6.01. The molecule has 0 fully saturated rings. The fourth-order valence-electron chi connectivity index (χ4n) is 2.60. The van der Waals surface area contributed by atoms with Crippen LogP contribution in [0.2, 0.25) is 0 Å². The van der Waals surface area contributed by atoms with Crippen LogP contribution in [0.1, 0.15) is 22.8 Å². The first-order valence-electron chi connectivity index (χ1n) is 7.25. The van der Waals surface area contributed by atoms with Crippen LogP contribution in [0.3, 0.4) is 0 Å². The van der Waals surface area contributed by atoms with Gasteiger partial charge in [0.05, 0.1) is 0 Å². The van der Waals surface area contributed by atoms with E-state index in [2.05, 4.69) is 6.07 Å². The molecule has 4 nitrogen and oxygen atoms in total. The monoisotopic (exact) mass is 314 g/mol. The summed E-state index contributed by atoms with van der Waals surface area (Å²) in [6, 6.07) is 11.6. The van der Waals surface area contributed by atoms with Crippen LogP contribution in [0.15, 0.2) is 52.3 Å². The second-order valence-corrected chi connectivity index (χ2v) is 6.60. The van der Waals surface area contributed by atoms with E-state index < -0.39 is 0 Å². The van der Waals surface area contributed by atoms with Gasteiger partial charge in [0.2, 0.25) is 0 Å². The van der Waals surface area contributed by atoms with Crippen molar-refractivity contribution in [3.63, 3.8) is 0 Å². The van der Waals surface area contributed by atoms with Gasteiger partial charge in [-0.25, -0.2) is 0 Å². The van der Waals surface area contributed by atoms with Crippen molar-refractivity contribution in [3.05, 3.63) is 64.1 Å². The Balaban J connectivity index is 1.98. The Labute approximate surface area is 133 Å². The lowest BCUT2D eigenvalue weighted by Crippen LogP contribution is -2.41. The van der Waals surface area contributed by atoms with Crippen molar-refractivity contribution >= 4 is 17.7 Å². The van der Waals surface area contributed by atoms with Crippen molar-refractivity contribution in [2.45, 2.75) is 24.4 Å². The van der Waals surface area contributed by atoms with Gasteiger partial charge in [-0.1, -0.05) is 18.2 Å². The van der Waals surface area contributed by atoms with Crippen molar-refractivity contribution in [2.75, 3.05) is 5.75 Å². The molecule has 0 aliphatic carbocycles. The Morgan fingerprint density at radius 2 is 2.00 bits per heavy atom. The van der Waals surface area contributed by atoms with Gasteiger partial charge < -0.3 is 9.47 Å². The number of amides is 1. The predicted octanol–water partition coefficient (Wildman–Crippen LogP) is 2.52. The lowest BCUT2D eigenvalue weighted by atomic mass is 10.1. The molecular formula is C17H18N2O2S. The van der Waals surface area contributed by atoms with Crippen LogP contribution >= 0.6 is 11.8 Å². The van der Waals surface area contributed by atoms with Gasteiger partial charge in [0, 0.05) is 36.5 Å². The van der Waals surface area contributed by atoms with Gasteiger partial charge in [0.15, 0.2) is 0 Å². The topological polar surface area (TPSA) is 42.3 Å². The number of aryl methyl sites for hydroxylation is 1. The second-order valence-electron chi connectivity index (χ2n) is 5.54. The van der Waals surface area contributed by atoms with Crippen LogP contribution in [0.25, 0.3) is 0 Å². The molecule has 1 aromatic carbocycles. The smallest absolute Gasteiger partial charge is 0.263 e. The maximum absolute atomic E-state index is 12.8. The van der Waals surface area contributed by atoms with E-state index in [1.807, 2.05) is 25.1 Å². The molecule has 0 saturated heterocycles. The van der Waals surface area contributed by atoms with Crippen molar-refractivity contribution in [3.8, 4) is 0 Å². The minimum atomic E-state index is -0.245. The molecule has 0 bridgehead atoms. The number of hydrogen-bond donors (Lipinski definition) is 0. The molecule has 5 heteroatoms. The number of rotatable bonds is 1. The van der Waals surface area contributed by atoms with Crippen molar-refractivity contribution < 1.29 is 4.79 Å². The Bertz CT molecular complexity index is 769. The highest BCUT2D eigenvalue weighted by molar-refractivity contribution is 7.99. The number of pyridine rings is 1. The molecule has 1 aliphatic rings. The van der Waals surface area contributed by atoms with Gasteiger partial charge in [0.1, 0.15) is 5.56 Å². The molecule has 1 aromatic heterocycles. The van der Waals surface area contributed by atoms with E-state index in [1.165, 1.54) is 9.46 Å². The molecule has 2 aromatic rings. The van der Waals surface area contributed by atoms with E-state index in [1.54, 1.807) is 42.0 Å². The highest BCUT2D eigenvalue weighted by Crippen LogP contribution is 2.30. The molecule has 0 radical (unpaired) electrons. The Kier molecular flexibility index (Phi) is 4.07. The predicted molar refractivity (Wildman–Crippen MR) is 88.2 cm³/mol. The van der Waals surface area contributed by atoms with Crippen LogP contribution in [0, 0.1) is 0 Å².